The van der Waals surface area contributed by atoms with Gasteiger partial charge in [-0.15, -0.1) is 0 Å². The molecule has 172 valence electrons. The second kappa shape index (κ2) is 9.15. The number of benzene rings is 2. The summed E-state index contributed by atoms with van der Waals surface area (Å²) in [5, 5.41) is 2.82. The Bertz CT molecular complexity index is 1160. The molecule has 2 N–H and O–H groups in total. The number of hydrogen-bond acceptors (Lipinski definition) is 5. The van der Waals surface area contributed by atoms with Crippen LogP contribution in [0.25, 0.3) is 11.0 Å². The van der Waals surface area contributed by atoms with Crippen LogP contribution in [0, 0.1) is 0 Å². The highest BCUT2D eigenvalue weighted by Gasteiger charge is 2.32. The van der Waals surface area contributed by atoms with Crippen LogP contribution in [0.5, 0.6) is 0 Å². The molecule has 2 aromatic carbocycles. The Labute approximate surface area is 182 Å². The van der Waals surface area contributed by atoms with E-state index >= 15 is 0 Å². The molecule has 3 rings (SSSR count). The van der Waals surface area contributed by atoms with Gasteiger partial charge in [0.25, 0.3) is 12.3 Å². The summed E-state index contributed by atoms with van der Waals surface area (Å²) in [6, 6.07) is 8.66. The lowest BCUT2D eigenvalue weighted by molar-refractivity contribution is -0.137. The third-order valence-electron chi connectivity index (χ3n) is 4.38. The lowest BCUT2D eigenvalue weighted by Crippen LogP contribution is -2.26. The summed E-state index contributed by atoms with van der Waals surface area (Å²) in [5.41, 5.74) is -0.179. The van der Waals surface area contributed by atoms with Crippen LogP contribution < -0.4 is 14.9 Å². The molecule has 1 aromatic heterocycles. The van der Waals surface area contributed by atoms with Crippen molar-refractivity contribution in [3.63, 3.8) is 0 Å². The van der Waals surface area contributed by atoms with E-state index in [0.717, 1.165) is 11.8 Å². The number of nitrogens with one attached hydrogen (secondary N) is 2. The summed E-state index contributed by atoms with van der Waals surface area (Å²) in [6.45, 7) is -0.874. The number of furan rings is 1. The molecule has 1 atom stereocenters. The summed E-state index contributed by atoms with van der Waals surface area (Å²) in [4.78, 5) is 13.8. The number of halogens is 5. The van der Waals surface area contributed by atoms with Crippen LogP contribution in [0.1, 0.15) is 16.1 Å². The molecular formula is C20H18F5N3O3S. The second-order valence-corrected chi connectivity index (χ2v) is 8.09. The van der Waals surface area contributed by atoms with E-state index in [-0.39, 0.29) is 11.4 Å². The molecular weight excluding hydrogens is 457 g/mol. The number of carbonyl (C=O) groups is 1. The van der Waals surface area contributed by atoms with E-state index in [1.165, 1.54) is 6.07 Å². The van der Waals surface area contributed by atoms with Crippen molar-refractivity contribution >= 4 is 39.2 Å². The first-order valence-electron chi connectivity index (χ1n) is 9.12. The number of hydrogen-bond donors (Lipinski definition) is 2. The molecule has 0 radical (unpaired) electrons. The van der Waals surface area contributed by atoms with Crippen molar-refractivity contribution in [2.24, 2.45) is 0 Å². The van der Waals surface area contributed by atoms with Crippen molar-refractivity contribution in [1.29, 1.82) is 0 Å². The highest BCUT2D eigenvalue weighted by molar-refractivity contribution is 7.83. The molecule has 0 saturated heterocycles. The Morgan fingerprint density at radius 2 is 1.84 bits per heavy atom. The lowest BCUT2D eigenvalue weighted by Gasteiger charge is -2.14. The highest BCUT2D eigenvalue weighted by atomic mass is 32.2. The SMILES string of the molecule is CN(C)c1ccc2cc(C(=O)NS(=O)c3cc(C(F)(F)F)ccc3NCC(F)F)oc2c1. The molecule has 3 aromatic rings. The lowest BCUT2D eigenvalue weighted by atomic mass is 10.2. The standard InChI is InChI=1S/C20H18F5N3O3S/c1-28(2)13-5-3-11-7-16(31-15(11)9-13)19(29)27-32(30)17-8-12(20(23,24)25)4-6-14(17)26-10-18(21)22/h3-9,18,26H,10H2,1-2H3,(H,27,29). The van der Waals surface area contributed by atoms with Gasteiger partial charge in [-0.25, -0.2) is 13.0 Å². The Balaban J connectivity index is 1.87. The maximum atomic E-state index is 13.1. The van der Waals surface area contributed by atoms with Gasteiger partial charge in [0.2, 0.25) is 0 Å². The quantitative estimate of drug-likeness (QED) is 0.487. The van der Waals surface area contributed by atoms with E-state index in [4.69, 9.17) is 4.42 Å². The minimum absolute atomic E-state index is 0.210. The molecule has 6 nitrogen and oxygen atoms in total. The fourth-order valence-electron chi connectivity index (χ4n) is 2.78. The molecule has 0 aliphatic carbocycles. The van der Waals surface area contributed by atoms with E-state index in [1.54, 1.807) is 18.2 Å². The molecule has 12 heteroatoms. The van der Waals surface area contributed by atoms with E-state index in [1.807, 2.05) is 19.0 Å². The maximum absolute atomic E-state index is 13.1. The van der Waals surface area contributed by atoms with Crippen molar-refractivity contribution < 1.29 is 35.4 Å². The van der Waals surface area contributed by atoms with E-state index in [0.29, 0.717) is 23.1 Å². The molecule has 0 saturated carbocycles. The molecule has 0 bridgehead atoms. The number of nitrogens with zero attached hydrogens (tertiary/aromatic N) is 1. The van der Waals surface area contributed by atoms with Gasteiger partial charge < -0.3 is 14.6 Å². The fraction of sp³-hybridized carbons (Fsp3) is 0.250. The number of carbonyl (C=O) groups excluding carboxylic acids is 1. The van der Waals surface area contributed by atoms with E-state index in [2.05, 4.69) is 10.0 Å². The summed E-state index contributed by atoms with van der Waals surface area (Å²) in [5.74, 6) is -1.15. The van der Waals surface area contributed by atoms with Gasteiger partial charge in [0.1, 0.15) is 5.58 Å². The summed E-state index contributed by atoms with van der Waals surface area (Å²) < 4.78 is 84.5. The van der Waals surface area contributed by atoms with Crippen molar-refractivity contribution in [2.45, 2.75) is 17.5 Å². The molecule has 1 unspecified atom stereocenters. The minimum Gasteiger partial charge on any atom is -0.451 e. The summed E-state index contributed by atoms with van der Waals surface area (Å²) in [7, 11) is 1.14. The molecule has 1 amide bonds. The first kappa shape index (κ1) is 23.5. The van der Waals surface area contributed by atoms with Crippen LogP contribution in [0.4, 0.5) is 33.3 Å². The number of anilines is 2. The summed E-state index contributed by atoms with van der Waals surface area (Å²) >= 11 is 0. The molecule has 1 heterocycles. The van der Waals surface area contributed by atoms with Gasteiger partial charge in [0.05, 0.1) is 22.7 Å². The van der Waals surface area contributed by atoms with E-state index < -0.39 is 46.5 Å². The smallest absolute Gasteiger partial charge is 0.416 e. The fourth-order valence-corrected chi connectivity index (χ4v) is 3.74. The second-order valence-electron chi connectivity index (χ2n) is 6.91. The van der Waals surface area contributed by atoms with Crippen LogP contribution in [0.2, 0.25) is 0 Å². The first-order chi connectivity index (χ1) is 15.0. The van der Waals surface area contributed by atoms with Crippen LogP contribution in [0.15, 0.2) is 51.8 Å². The third-order valence-corrected chi connectivity index (χ3v) is 5.49. The average molecular weight is 475 g/mol. The monoisotopic (exact) mass is 475 g/mol. The Hall–Kier alpha value is -3.15. The Kier molecular flexibility index (Phi) is 6.72. The largest absolute Gasteiger partial charge is 0.451 e. The zero-order chi connectivity index (χ0) is 23.6. The van der Waals surface area contributed by atoms with Crippen molar-refractivity contribution in [2.75, 3.05) is 30.9 Å². The molecule has 0 aliphatic heterocycles. The number of alkyl halides is 5. The number of rotatable bonds is 7. The highest BCUT2D eigenvalue weighted by Crippen LogP contribution is 2.33. The topological polar surface area (TPSA) is 74.6 Å². The zero-order valence-corrected chi connectivity index (χ0v) is 17.6. The molecule has 0 spiro atoms. The normalized spacial score (nSPS) is 12.8. The molecule has 32 heavy (non-hydrogen) atoms. The third kappa shape index (κ3) is 5.36. The Morgan fingerprint density at radius 3 is 2.47 bits per heavy atom. The van der Waals surface area contributed by atoms with Gasteiger partial charge >= 0.3 is 6.18 Å². The van der Waals surface area contributed by atoms with Gasteiger partial charge in [-0.05, 0) is 36.4 Å². The first-order valence-corrected chi connectivity index (χ1v) is 10.3. The van der Waals surface area contributed by atoms with Crippen molar-refractivity contribution in [1.82, 2.24) is 4.72 Å². The maximum Gasteiger partial charge on any atom is 0.416 e. The zero-order valence-electron chi connectivity index (χ0n) is 16.8. The minimum atomic E-state index is -4.76. The molecule has 0 fully saturated rings. The Morgan fingerprint density at radius 1 is 1.12 bits per heavy atom. The van der Waals surface area contributed by atoms with Crippen LogP contribution in [-0.4, -0.2) is 37.2 Å². The summed E-state index contributed by atoms with van der Waals surface area (Å²) in [6.07, 6.45) is -7.55. The molecule has 0 aliphatic rings. The predicted octanol–water partition coefficient (Wildman–Crippen LogP) is 4.65. The van der Waals surface area contributed by atoms with Crippen LogP contribution in [-0.2, 0) is 17.2 Å². The van der Waals surface area contributed by atoms with Gasteiger partial charge in [0, 0.05) is 31.2 Å². The van der Waals surface area contributed by atoms with Gasteiger partial charge in [-0.3, -0.25) is 9.52 Å². The number of amides is 1. The van der Waals surface area contributed by atoms with Gasteiger partial charge in [0.15, 0.2) is 16.7 Å². The van der Waals surface area contributed by atoms with E-state index in [9.17, 15) is 31.0 Å². The van der Waals surface area contributed by atoms with Gasteiger partial charge in [-0.2, -0.15) is 13.2 Å². The van der Waals surface area contributed by atoms with Gasteiger partial charge in [-0.1, -0.05) is 0 Å². The average Bonchev–Trinajstić information content (AvgIpc) is 3.14. The van der Waals surface area contributed by atoms with Crippen molar-refractivity contribution in [3.05, 3.63) is 53.8 Å². The predicted molar refractivity (Wildman–Crippen MR) is 110 cm³/mol. The van der Waals surface area contributed by atoms with Crippen molar-refractivity contribution in [3.8, 4) is 0 Å². The van der Waals surface area contributed by atoms with Crippen LogP contribution in [0.3, 0.4) is 0 Å². The van der Waals surface area contributed by atoms with Crippen LogP contribution >= 0.6 is 0 Å². The number of fused-ring (bicyclic) bond motifs is 1.